The average Bonchev–Trinajstić information content (AvgIpc) is 2.57. The van der Waals surface area contributed by atoms with E-state index in [1.165, 1.54) is 64.6 Å². The van der Waals surface area contributed by atoms with E-state index in [1.54, 1.807) is 0 Å². The monoisotopic (exact) mass is 252 g/mol. The molecule has 1 heterocycles. The van der Waals surface area contributed by atoms with Crippen molar-refractivity contribution >= 4 is 0 Å². The van der Waals surface area contributed by atoms with E-state index in [0.717, 1.165) is 12.0 Å². The van der Waals surface area contributed by atoms with E-state index in [-0.39, 0.29) is 0 Å². The highest BCUT2D eigenvalue weighted by molar-refractivity contribution is 4.89. The molecular formula is C16H32N2. The van der Waals surface area contributed by atoms with Crippen LogP contribution in [0.5, 0.6) is 0 Å². The van der Waals surface area contributed by atoms with Crippen LogP contribution in [-0.4, -0.2) is 37.6 Å². The van der Waals surface area contributed by atoms with Crippen LogP contribution in [0.4, 0.5) is 0 Å². The lowest BCUT2D eigenvalue weighted by Crippen LogP contribution is -2.46. The molecule has 0 amide bonds. The fourth-order valence-corrected chi connectivity index (χ4v) is 3.96. The topological polar surface area (TPSA) is 15.3 Å². The van der Waals surface area contributed by atoms with E-state index >= 15 is 0 Å². The van der Waals surface area contributed by atoms with Crippen molar-refractivity contribution in [2.75, 3.05) is 26.7 Å². The van der Waals surface area contributed by atoms with Gasteiger partial charge in [0.1, 0.15) is 0 Å². The van der Waals surface area contributed by atoms with Crippen LogP contribution < -0.4 is 5.32 Å². The number of rotatable bonds is 3. The normalized spacial score (nSPS) is 34.2. The Morgan fingerprint density at radius 3 is 2.39 bits per heavy atom. The number of hydrogen-bond acceptors (Lipinski definition) is 2. The molecule has 2 heteroatoms. The van der Waals surface area contributed by atoms with Crippen LogP contribution >= 0.6 is 0 Å². The van der Waals surface area contributed by atoms with Gasteiger partial charge in [-0.1, -0.05) is 26.7 Å². The van der Waals surface area contributed by atoms with E-state index in [0.29, 0.717) is 5.41 Å². The molecule has 2 atom stereocenters. The quantitative estimate of drug-likeness (QED) is 0.829. The molecule has 0 aromatic heterocycles. The van der Waals surface area contributed by atoms with Crippen molar-refractivity contribution in [1.82, 2.24) is 10.2 Å². The minimum absolute atomic E-state index is 0.559. The molecule has 2 rings (SSSR count). The van der Waals surface area contributed by atoms with Crippen molar-refractivity contribution in [2.24, 2.45) is 11.3 Å². The summed E-state index contributed by atoms with van der Waals surface area (Å²) in [4.78, 5) is 2.74. The van der Waals surface area contributed by atoms with E-state index < -0.39 is 0 Å². The summed E-state index contributed by atoms with van der Waals surface area (Å²) in [6.45, 7) is 8.91. The van der Waals surface area contributed by atoms with Gasteiger partial charge in [0.15, 0.2) is 0 Å². The number of nitrogens with zero attached hydrogens (tertiary/aromatic N) is 1. The van der Waals surface area contributed by atoms with Crippen molar-refractivity contribution in [2.45, 2.75) is 64.8 Å². The molecule has 2 fully saturated rings. The molecule has 0 aromatic rings. The number of likely N-dealkylation sites (tertiary alicyclic amines) is 1. The standard InChI is InChI=1S/C16H32N2/c1-16(2)9-8-15(17-3)14(12-16)13-18-10-6-4-5-7-11-18/h14-15,17H,4-13H2,1-3H3. The predicted molar refractivity (Wildman–Crippen MR) is 78.9 cm³/mol. The van der Waals surface area contributed by atoms with Crippen LogP contribution in [0.25, 0.3) is 0 Å². The maximum absolute atomic E-state index is 3.57. The summed E-state index contributed by atoms with van der Waals surface area (Å²) >= 11 is 0. The van der Waals surface area contributed by atoms with Crippen LogP contribution in [0, 0.1) is 11.3 Å². The Hall–Kier alpha value is -0.0800. The van der Waals surface area contributed by atoms with Gasteiger partial charge in [0.25, 0.3) is 0 Å². The first-order valence-electron chi connectivity index (χ1n) is 8.00. The van der Waals surface area contributed by atoms with Gasteiger partial charge in [-0.05, 0) is 63.6 Å². The Morgan fingerprint density at radius 1 is 1.11 bits per heavy atom. The zero-order chi connectivity index (χ0) is 13.0. The lowest BCUT2D eigenvalue weighted by Gasteiger charge is -2.42. The molecule has 0 spiro atoms. The highest BCUT2D eigenvalue weighted by atomic mass is 15.1. The third kappa shape index (κ3) is 3.96. The lowest BCUT2D eigenvalue weighted by molar-refractivity contribution is 0.104. The SMILES string of the molecule is CNC1CCC(C)(C)CC1CN1CCCCCC1. The van der Waals surface area contributed by atoms with Gasteiger partial charge in [-0.3, -0.25) is 0 Å². The first kappa shape index (κ1) is 14.3. The molecule has 1 aliphatic carbocycles. The molecule has 2 aliphatic rings. The fourth-order valence-electron chi connectivity index (χ4n) is 3.96. The second-order valence-corrected chi connectivity index (χ2v) is 7.28. The summed E-state index contributed by atoms with van der Waals surface area (Å²) in [5, 5.41) is 3.57. The molecule has 0 radical (unpaired) electrons. The fraction of sp³-hybridized carbons (Fsp3) is 1.00. The zero-order valence-corrected chi connectivity index (χ0v) is 12.7. The predicted octanol–water partition coefficient (Wildman–Crippen LogP) is 3.28. The van der Waals surface area contributed by atoms with Gasteiger partial charge in [0, 0.05) is 12.6 Å². The Labute approximate surface area is 114 Å². The highest BCUT2D eigenvalue weighted by Crippen LogP contribution is 2.39. The van der Waals surface area contributed by atoms with Crippen molar-refractivity contribution in [1.29, 1.82) is 0 Å². The van der Waals surface area contributed by atoms with Crippen LogP contribution in [-0.2, 0) is 0 Å². The maximum atomic E-state index is 3.57. The first-order chi connectivity index (χ1) is 8.61. The summed E-state index contributed by atoms with van der Waals surface area (Å²) in [7, 11) is 2.15. The molecule has 2 nitrogen and oxygen atoms in total. The van der Waals surface area contributed by atoms with Gasteiger partial charge in [0.05, 0.1) is 0 Å². The first-order valence-corrected chi connectivity index (χ1v) is 8.00. The Kier molecular flexibility index (Phi) is 5.08. The Bertz CT molecular complexity index is 241. The van der Waals surface area contributed by atoms with Gasteiger partial charge in [-0.2, -0.15) is 0 Å². The third-order valence-corrected chi connectivity index (χ3v) is 5.08. The minimum atomic E-state index is 0.559. The summed E-state index contributed by atoms with van der Waals surface area (Å²) in [5.74, 6) is 0.858. The van der Waals surface area contributed by atoms with Crippen LogP contribution in [0.1, 0.15) is 58.8 Å². The van der Waals surface area contributed by atoms with E-state index in [2.05, 4.69) is 31.1 Å². The Morgan fingerprint density at radius 2 is 1.78 bits per heavy atom. The average molecular weight is 252 g/mol. The van der Waals surface area contributed by atoms with Gasteiger partial charge in [0.2, 0.25) is 0 Å². The lowest BCUT2D eigenvalue weighted by atomic mass is 9.69. The summed E-state index contributed by atoms with van der Waals surface area (Å²) < 4.78 is 0. The largest absolute Gasteiger partial charge is 0.317 e. The van der Waals surface area contributed by atoms with Crippen molar-refractivity contribution in [3.63, 3.8) is 0 Å². The van der Waals surface area contributed by atoms with Gasteiger partial charge in [-0.25, -0.2) is 0 Å². The summed E-state index contributed by atoms with van der Waals surface area (Å²) in [6, 6.07) is 0.751. The van der Waals surface area contributed by atoms with E-state index in [9.17, 15) is 0 Å². The van der Waals surface area contributed by atoms with Crippen LogP contribution in [0.3, 0.4) is 0 Å². The molecule has 1 saturated heterocycles. The van der Waals surface area contributed by atoms with Gasteiger partial charge in [-0.15, -0.1) is 0 Å². The summed E-state index contributed by atoms with van der Waals surface area (Å²) in [6.07, 6.45) is 9.87. The second-order valence-electron chi connectivity index (χ2n) is 7.28. The highest BCUT2D eigenvalue weighted by Gasteiger charge is 2.34. The molecular weight excluding hydrogens is 220 g/mol. The molecule has 0 aromatic carbocycles. The van der Waals surface area contributed by atoms with E-state index in [1.807, 2.05) is 0 Å². The number of nitrogens with one attached hydrogen (secondary N) is 1. The molecule has 106 valence electrons. The molecule has 0 bridgehead atoms. The second kappa shape index (κ2) is 6.38. The third-order valence-electron chi connectivity index (χ3n) is 5.08. The maximum Gasteiger partial charge on any atom is 0.0105 e. The Balaban J connectivity index is 1.91. The van der Waals surface area contributed by atoms with Crippen LogP contribution in [0.15, 0.2) is 0 Å². The molecule has 1 N–H and O–H groups in total. The zero-order valence-electron chi connectivity index (χ0n) is 12.7. The molecule has 1 saturated carbocycles. The van der Waals surface area contributed by atoms with Gasteiger partial charge >= 0.3 is 0 Å². The van der Waals surface area contributed by atoms with Crippen molar-refractivity contribution in [3.05, 3.63) is 0 Å². The molecule has 1 aliphatic heterocycles. The minimum Gasteiger partial charge on any atom is -0.317 e. The molecule has 2 unspecified atom stereocenters. The molecule has 18 heavy (non-hydrogen) atoms. The van der Waals surface area contributed by atoms with Crippen LogP contribution in [0.2, 0.25) is 0 Å². The van der Waals surface area contributed by atoms with Crippen molar-refractivity contribution < 1.29 is 0 Å². The number of hydrogen-bond donors (Lipinski definition) is 1. The van der Waals surface area contributed by atoms with E-state index in [4.69, 9.17) is 0 Å². The smallest absolute Gasteiger partial charge is 0.0105 e. The summed E-state index contributed by atoms with van der Waals surface area (Å²) in [5.41, 5.74) is 0.559. The van der Waals surface area contributed by atoms with Gasteiger partial charge < -0.3 is 10.2 Å². The van der Waals surface area contributed by atoms with Crippen molar-refractivity contribution in [3.8, 4) is 0 Å².